The van der Waals surface area contributed by atoms with Gasteiger partial charge in [0.25, 0.3) is 0 Å². The molecule has 1 heterocycles. The minimum Gasteiger partial charge on any atom is -0.389 e. The number of hydrogen-bond donors (Lipinski definition) is 1. The molecule has 0 atom stereocenters. The van der Waals surface area contributed by atoms with Crippen LogP contribution in [0.2, 0.25) is 0 Å². The Labute approximate surface area is 104 Å². The first-order chi connectivity index (χ1) is 8.04. The van der Waals surface area contributed by atoms with Crippen molar-refractivity contribution in [2.75, 3.05) is 19.6 Å². The highest BCUT2D eigenvalue weighted by Crippen LogP contribution is 2.22. The molecular weight excluding hydrogens is 210 g/mol. The van der Waals surface area contributed by atoms with Crippen LogP contribution in [-0.2, 0) is 0 Å². The van der Waals surface area contributed by atoms with Gasteiger partial charge in [-0.2, -0.15) is 0 Å². The summed E-state index contributed by atoms with van der Waals surface area (Å²) < 4.78 is 0. The Hall–Kier alpha value is -1.12. The predicted octanol–water partition coefficient (Wildman–Crippen LogP) is 2.55. The molecule has 2 heteroatoms. The fraction of sp³-hybridized carbons (Fsp3) is 0.467. The lowest BCUT2D eigenvalue weighted by Crippen LogP contribution is -2.40. The van der Waals surface area contributed by atoms with E-state index in [0.29, 0.717) is 0 Å². The van der Waals surface area contributed by atoms with Gasteiger partial charge in [-0.05, 0) is 31.4 Å². The molecule has 0 amide bonds. The van der Waals surface area contributed by atoms with E-state index in [1.807, 2.05) is 19.9 Å². The summed E-state index contributed by atoms with van der Waals surface area (Å²) in [7, 11) is 0. The second kappa shape index (κ2) is 5.03. The summed E-state index contributed by atoms with van der Waals surface area (Å²) in [6, 6.07) is 10.5. The molecule has 1 aromatic rings. The molecule has 0 fully saturated rings. The van der Waals surface area contributed by atoms with Crippen LogP contribution in [0.25, 0.3) is 5.57 Å². The Bertz CT molecular complexity index is 389. The molecule has 17 heavy (non-hydrogen) atoms. The molecule has 2 nitrogen and oxygen atoms in total. The monoisotopic (exact) mass is 231 g/mol. The highest BCUT2D eigenvalue weighted by Gasteiger charge is 2.20. The largest absolute Gasteiger partial charge is 0.389 e. The molecule has 0 saturated carbocycles. The zero-order valence-corrected chi connectivity index (χ0v) is 10.7. The SMILES string of the molecule is CC(C)(O)CN1CC=C(c2ccccc2)CC1. The second-order valence-corrected chi connectivity index (χ2v) is 5.39. The van der Waals surface area contributed by atoms with Crippen molar-refractivity contribution in [1.82, 2.24) is 4.90 Å². The summed E-state index contributed by atoms with van der Waals surface area (Å²) in [6.07, 6.45) is 3.35. The average Bonchev–Trinajstić information content (AvgIpc) is 2.29. The van der Waals surface area contributed by atoms with Crippen molar-refractivity contribution in [1.29, 1.82) is 0 Å². The van der Waals surface area contributed by atoms with Gasteiger partial charge in [-0.1, -0.05) is 36.4 Å². The van der Waals surface area contributed by atoms with Gasteiger partial charge in [0.1, 0.15) is 0 Å². The maximum absolute atomic E-state index is 9.79. The molecule has 2 rings (SSSR count). The summed E-state index contributed by atoms with van der Waals surface area (Å²) >= 11 is 0. The summed E-state index contributed by atoms with van der Waals surface area (Å²) in [5.41, 5.74) is 2.16. The Kier molecular flexibility index (Phi) is 3.65. The highest BCUT2D eigenvalue weighted by molar-refractivity contribution is 5.66. The molecule has 0 aliphatic carbocycles. The van der Waals surface area contributed by atoms with E-state index in [4.69, 9.17) is 0 Å². The molecule has 1 aliphatic rings. The third-order valence-electron chi connectivity index (χ3n) is 3.05. The Morgan fingerprint density at radius 3 is 2.47 bits per heavy atom. The molecule has 92 valence electrons. The van der Waals surface area contributed by atoms with Gasteiger partial charge in [0.15, 0.2) is 0 Å². The van der Waals surface area contributed by atoms with Crippen LogP contribution in [0.4, 0.5) is 0 Å². The van der Waals surface area contributed by atoms with E-state index in [-0.39, 0.29) is 0 Å². The fourth-order valence-electron chi connectivity index (χ4n) is 2.32. The molecule has 1 N–H and O–H groups in total. The lowest BCUT2D eigenvalue weighted by molar-refractivity contribution is 0.0397. The Morgan fingerprint density at radius 1 is 1.24 bits per heavy atom. The van der Waals surface area contributed by atoms with Crippen LogP contribution in [0.5, 0.6) is 0 Å². The maximum atomic E-state index is 9.79. The van der Waals surface area contributed by atoms with Gasteiger partial charge in [-0.15, -0.1) is 0 Å². The predicted molar refractivity (Wildman–Crippen MR) is 71.8 cm³/mol. The smallest absolute Gasteiger partial charge is 0.0718 e. The molecule has 0 aromatic heterocycles. The first-order valence-electron chi connectivity index (χ1n) is 6.24. The van der Waals surface area contributed by atoms with Gasteiger partial charge in [-0.3, -0.25) is 4.90 Å². The van der Waals surface area contributed by atoms with Crippen LogP contribution < -0.4 is 0 Å². The van der Waals surface area contributed by atoms with Crippen LogP contribution in [-0.4, -0.2) is 35.2 Å². The number of aliphatic hydroxyl groups is 1. The third kappa shape index (κ3) is 3.69. The minimum atomic E-state index is -0.599. The first-order valence-corrected chi connectivity index (χ1v) is 6.24. The van der Waals surface area contributed by atoms with Gasteiger partial charge in [0.05, 0.1) is 5.60 Å². The standard InChI is InChI=1S/C15H21NO/c1-15(2,17)12-16-10-8-14(9-11-16)13-6-4-3-5-7-13/h3-8,17H,9-12H2,1-2H3. The summed E-state index contributed by atoms with van der Waals surface area (Å²) in [4.78, 5) is 2.30. The lowest BCUT2D eigenvalue weighted by Gasteiger charge is -2.31. The fourth-order valence-corrected chi connectivity index (χ4v) is 2.32. The minimum absolute atomic E-state index is 0.599. The number of hydrogen-bond acceptors (Lipinski definition) is 2. The van der Waals surface area contributed by atoms with E-state index in [0.717, 1.165) is 26.1 Å². The van der Waals surface area contributed by atoms with Crippen molar-refractivity contribution in [3.8, 4) is 0 Å². The van der Waals surface area contributed by atoms with E-state index in [1.165, 1.54) is 11.1 Å². The van der Waals surface area contributed by atoms with E-state index in [1.54, 1.807) is 0 Å². The Balaban J connectivity index is 1.99. The van der Waals surface area contributed by atoms with Crippen molar-refractivity contribution in [3.63, 3.8) is 0 Å². The van der Waals surface area contributed by atoms with Crippen LogP contribution in [0.1, 0.15) is 25.8 Å². The van der Waals surface area contributed by atoms with Crippen molar-refractivity contribution in [3.05, 3.63) is 42.0 Å². The van der Waals surface area contributed by atoms with Crippen LogP contribution in [0.3, 0.4) is 0 Å². The van der Waals surface area contributed by atoms with Gasteiger partial charge in [0.2, 0.25) is 0 Å². The van der Waals surface area contributed by atoms with Crippen molar-refractivity contribution < 1.29 is 5.11 Å². The van der Waals surface area contributed by atoms with Crippen molar-refractivity contribution in [2.24, 2.45) is 0 Å². The highest BCUT2D eigenvalue weighted by atomic mass is 16.3. The van der Waals surface area contributed by atoms with Crippen molar-refractivity contribution in [2.45, 2.75) is 25.9 Å². The van der Waals surface area contributed by atoms with Crippen LogP contribution in [0, 0.1) is 0 Å². The number of nitrogens with zero attached hydrogens (tertiary/aromatic N) is 1. The van der Waals surface area contributed by atoms with Crippen LogP contribution in [0.15, 0.2) is 36.4 Å². The maximum Gasteiger partial charge on any atom is 0.0718 e. The zero-order valence-electron chi connectivity index (χ0n) is 10.7. The van der Waals surface area contributed by atoms with Gasteiger partial charge in [-0.25, -0.2) is 0 Å². The molecule has 0 radical (unpaired) electrons. The molecular formula is C15H21NO. The topological polar surface area (TPSA) is 23.5 Å². The van der Waals surface area contributed by atoms with E-state index >= 15 is 0 Å². The molecule has 1 aromatic carbocycles. The van der Waals surface area contributed by atoms with Gasteiger partial charge >= 0.3 is 0 Å². The molecule has 0 bridgehead atoms. The van der Waals surface area contributed by atoms with Crippen LogP contribution >= 0.6 is 0 Å². The second-order valence-electron chi connectivity index (χ2n) is 5.39. The molecule has 1 aliphatic heterocycles. The average molecular weight is 231 g/mol. The van der Waals surface area contributed by atoms with Crippen molar-refractivity contribution >= 4 is 5.57 Å². The normalized spacial score (nSPS) is 17.9. The lowest BCUT2D eigenvalue weighted by atomic mass is 9.98. The first kappa shape index (κ1) is 12.3. The quantitative estimate of drug-likeness (QED) is 0.864. The summed E-state index contributed by atoms with van der Waals surface area (Å²) in [6.45, 7) is 6.44. The number of rotatable bonds is 3. The third-order valence-corrected chi connectivity index (χ3v) is 3.05. The number of benzene rings is 1. The molecule has 0 spiro atoms. The zero-order chi connectivity index (χ0) is 12.3. The van der Waals surface area contributed by atoms with E-state index in [9.17, 15) is 5.11 Å². The van der Waals surface area contributed by atoms with Gasteiger partial charge < -0.3 is 5.11 Å². The summed E-state index contributed by atoms with van der Waals surface area (Å²) in [5, 5.41) is 9.79. The van der Waals surface area contributed by atoms with E-state index < -0.39 is 5.60 Å². The number of β-amino-alcohol motifs (C(OH)–C–C–N with tert-alkyl or cyclic N) is 1. The molecule has 0 saturated heterocycles. The Morgan fingerprint density at radius 2 is 1.94 bits per heavy atom. The molecule has 0 unspecified atom stereocenters. The summed E-state index contributed by atoms with van der Waals surface area (Å²) in [5.74, 6) is 0. The van der Waals surface area contributed by atoms with E-state index in [2.05, 4.69) is 35.2 Å². The van der Waals surface area contributed by atoms with Gasteiger partial charge in [0, 0.05) is 19.6 Å².